The summed E-state index contributed by atoms with van der Waals surface area (Å²) in [5, 5.41) is 6.88. The minimum Gasteiger partial charge on any atom is -0.321 e. The van der Waals surface area contributed by atoms with Gasteiger partial charge in [-0.3, -0.25) is 19.8 Å². The number of carbonyl (C=O) groups is 3. The van der Waals surface area contributed by atoms with Crippen LogP contribution in [0.25, 0.3) is 10.9 Å². The van der Waals surface area contributed by atoms with Crippen LogP contribution >= 0.6 is 39.1 Å². The van der Waals surface area contributed by atoms with E-state index in [4.69, 9.17) is 23.2 Å². The molecular formula is C24H17BrCl2N4O3. The van der Waals surface area contributed by atoms with Crippen molar-refractivity contribution in [1.29, 1.82) is 0 Å². The summed E-state index contributed by atoms with van der Waals surface area (Å²) in [6.07, 6.45) is 0. The van der Waals surface area contributed by atoms with Crippen molar-refractivity contribution in [3.8, 4) is 0 Å². The van der Waals surface area contributed by atoms with Crippen LogP contribution in [0.1, 0.15) is 16.1 Å². The van der Waals surface area contributed by atoms with Gasteiger partial charge in [-0.1, -0.05) is 39.1 Å². The molecule has 0 aliphatic carbocycles. The Hall–Kier alpha value is -3.33. The topological polar surface area (TPSA) is 92.2 Å². The molecule has 0 unspecified atom stereocenters. The predicted molar refractivity (Wildman–Crippen MR) is 138 cm³/mol. The van der Waals surface area contributed by atoms with Crippen LogP contribution in [0.4, 0.5) is 11.4 Å². The minimum absolute atomic E-state index is 0.116. The summed E-state index contributed by atoms with van der Waals surface area (Å²) >= 11 is 15.4. The molecule has 0 fully saturated rings. The largest absolute Gasteiger partial charge is 0.328 e. The van der Waals surface area contributed by atoms with Crippen LogP contribution in [-0.4, -0.2) is 22.4 Å². The van der Waals surface area contributed by atoms with E-state index < -0.39 is 17.7 Å². The Balaban J connectivity index is 1.62. The van der Waals surface area contributed by atoms with E-state index in [-0.39, 0.29) is 5.69 Å². The fraction of sp³-hybridized carbons (Fsp3) is 0.0417. The van der Waals surface area contributed by atoms with E-state index in [9.17, 15) is 14.4 Å². The molecule has 0 bridgehead atoms. The number of carbonyl (C=O) groups excluding carboxylic acids is 3. The van der Waals surface area contributed by atoms with Gasteiger partial charge in [-0.15, -0.1) is 0 Å². The molecule has 7 nitrogen and oxygen atoms in total. The van der Waals surface area contributed by atoms with Gasteiger partial charge in [-0.25, -0.2) is 4.68 Å². The number of halogens is 3. The first kappa shape index (κ1) is 23.8. The Morgan fingerprint density at radius 3 is 2.18 bits per heavy atom. The maximum atomic E-state index is 13.1. The molecule has 0 atom stereocenters. The maximum Gasteiger partial charge on any atom is 0.328 e. The van der Waals surface area contributed by atoms with Gasteiger partial charge >= 0.3 is 11.8 Å². The first-order valence-corrected chi connectivity index (χ1v) is 11.5. The zero-order valence-corrected chi connectivity index (χ0v) is 20.8. The molecule has 10 heteroatoms. The van der Waals surface area contributed by atoms with Gasteiger partial charge in [0.05, 0.1) is 5.52 Å². The highest BCUT2D eigenvalue weighted by atomic mass is 79.9. The van der Waals surface area contributed by atoms with Crippen molar-refractivity contribution >= 4 is 79.1 Å². The molecule has 0 radical (unpaired) electrons. The number of hydrogen-bond acceptors (Lipinski definition) is 3. The van der Waals surface area contributed by atoms with Crippen molar-refractivity contribution in [2.24, 2.45) is 0 Å². The Labute approximate surface area is 213 Å². The van der Waals surface area contributed by atoms with Crippen molar-refractivity contribution in [2.75, 3.05) is 16.1 Å². The molecule has 3 amide bonds. The number of nitrogens with one attached hydrogen (secondary N) is 3. The van der Waals surface area contributed by atoms with E-state index in [2.05, 4.69) is 32.0 Å². The summed E-state index contributed by atoms with van der Waals surface area (Å²) in [4.78, 5) is 38.3. The van der Waals surface area contributed by atoms with Gasteiger partial charge in [0, 0.05) is 31.3 Å². The van der Waals surface area contributed by atoms with E-state index >= 15 is 0 Å². The van der Waals surface area contributed by atoms with E-state index in [0.29, 0.717) is 32.3 Å². The fourth-order valence-corrected chi connectivity index (χ4v) is 3.82. The second-order valence-electron chi connectivity index (χ2n) is 7.39. The van der Waals surface area contributed by atoms with Crippen molar-refractivity contribution in [1.82, 2.24) is 4.68 Å². The fourth-order valence-electron chi connectivity index (χ4n) is 3.26. The van der Waals surface area contributed by atoms with Gasteiger partial charge in [0.1, 0.15) is 5.69 Å². The highest BCUT2D eigenvalue weighted by molar-refractivity contribution is 9.10. The van der Waals surface area contributed by atoms with E-state index in [1.807, 2.05) is 19.1 Å². The molecule has 0 saturated heterocycles. The van der Waals surface area contributed by atoms with Gasteiger partial charge in [0.15, 0.2) is 0 Å². The third kappa shape index (κ3) is 5.25. The third-order valence-corrected chi connectivity index (χ3v) is 6.31. The summed E-state index contributed by atoms with van der Waals surface area (Å²) in [7, 11) is 0. The Morgan fingerprint density at radius 1 is 0.794 bits per heavy atom. The molecule has 3 N–H and O–H groups in total. The normalized spacial score (nSPS) is 10.7. The lowest BCUT2D eigenvalue weighted by molar-refractivity contribution is -0.133. The van der Waals surface area contributed by atoms with Gasteiger partial charge in [0.25, 0.3) is 5.91 Å². The molecule has 3 aromatic carbocycles. The van der Waals surface area contributed by atoms with Crippen LogP contribution in [0.15, 0.2) is 71.2 Å². The van der Waals surface area contributed by atoms with E-state index in [0.717, 1.165) is 10.0 Å². The Bertz CT molecular complexity index is 1430. The van der Waals surface area contributed by atoms with Crippen LogP contribution in [0.5, 0.6) is 0 Å². The molecule has 4 aromatic rings. The van der Waals surface area contributed by atoms with E-state index in [1.165, 1.54) is 4.68 Å². The number of rotatable bonds is 4. The SMILES string of the molecule is Cc1cc(NC(=O)c2cc3cc(Cl)ccc3n2NC(=O)C(=O)Nc2ccc(Cl)cc2)ccc1Br. The van der Waals surface area contributed by atoms with Crippen LogP contribution in [-0.2, 0) is 9.59 Å². The van der Waals surface area contributed by atoms with Gasteiger partial charge in [-0.2, -0.15) is 0 Å². The molecule has 1 heterocycles. The average Bonchev–Trinajstić information content (AvgIpc) is 3.15. The Morgan fingerprint density at radius 2 is 1.47 bits per heavy atom. The molecule has 34 heavy (non-hydrogen) atoms. The number of aryl methyl sites for hydroxylation is 1. The lowest BCUT2D eigenvalue weighted by Crippen LogP contribution is -2.36. The predicted octanol–water partition coefficient (Wildman–Crippen LogP) is 5.98. The quantitative estimate of drug-likeness (QED) is 0.268. The van der Waals surface area contributed by atoms with Gasteiger partial charge in [0.2, 0.25) is 0 Å². The number of hydrogen-bond donors (Lipinski definition) is 3. The standard InChI is InChI=1S/C24H17BrCl2N4O3/c1-13-10-18(7-8-19(13)25)29-22(32)21-12-14-11-16(27)4-9-20(14)31(21)30-24(34)23(33)28-17-5-2-15(26)3-6-17/h2-12H,1H3,(H,28,33)(H,29,32)(H,30,34). The summed E-state index contributed by atoms with van der Waals surface area (Å²) in [5.74, 6) is -2.35. The first-order chi connectivity index (χ1) is 16.2. The van der Waals surface area contributed by atoms with Crippen molar-refractivity contribution in [3.05, 3.63) is 92.5 Å². The zero-order valence-electron chi connectivity index (χ0n) is 17.7. The van der Waals surface area contributed by atoms with Crippen LogP contribution in [0.3, 0.4) is 0 Å². The molecule has 4 rings (SSSR count). The van der Waals surface area contributed by atoms with Crippen molar-refractivity contribution < 1.29 is 14.4 Å². The molecule has 0 spiro atoms. The molecule has 0 aliphatic rings. The monoisotopic (exact) mass is 558 g/mol. The number of anilines is 2. The van der Waals surface area contributed by atoms with Crippen molar-refractivity contribution in [3.63, 3.8) is 0 Å². The highest BCUT2D eigenvalue weighted by Gasteiger charge is 2.21. The lowest BCUT2D eigenvalue weighted by Gasteiger charge is -2.13. The minimum atomic E-state index is -0.962. The molecule has 0 saturated carbocycles. The van der Waals surface area contributed by atoms with Crippen LogP contribution < -0.4 is 16.1 Å². The average molecular weight is 560 g/mol. The smallest absolute Gasteiger partial charge is 0.321 e. The molecular weight excluding hydrogens is 543 g/mol. The molecule has 1 aromatic heterocycles. The van der Waals surface area contributed by atoms with E-state index in [1.54, 1.807) is 54.6 Å². The number of nitrogens with zero attached hydrogens (tertiary/aromatic N) is 1. The van der Waals surface area contributed by atoms with Gasteiger partial charge < -0.3 is 10.6 Å². The number of amides is 3. The number of fused-ring (bicyclic) bond motifs is 1. The molecule has 172 valence electrons. The first-order valence-electron chi connectivity index (χ1n) is 9.97. The summed E-state index contributed by atoms with van der Waals surface area (Å²) in [6.45, 7) is 1.90. The number of aromatic nitrogens is 1. The third-order valence-electron chi connectivity index (χ3n) is 4.93. The molecule has 0 aliphatic heterocycles. The lowest BCUT2D eigenvalue weighted by atomic mass is 10.2. The highest BCUT2D eigenvalue weighted by Crippen LogP contribution is 2.25. The van der Waals surface area contributed by atoms with Gasteiger partial charge in [-0.05, 0) is 79.2 Å². The van der Waals surface area contributed by atoms with Crippen LogP contribution in [0, 0.1) is 6.92 Å². The summed E-state index contributed by atoms with van der Waals surface area (Å²) in [6, 6.07) is 18.2. The second kappa shape index (κ2) is 9.89. The Kier molecular flexibility index (Phi) is 6.92. The summed E-state index contributed by atoms with van der Waals surface area (Å²) < 4.78 is 2.17. The maximum absolute atomic E-state index is 13.1. The number of benzene rings is 3. The van der Waals surface area contributed by atoms with Crippen molar-refractivity contribution in [2.45, 2.75) is 6.92 Å². The summed E-state index contributed by atoms with van der Waals surface area (Å²) in [5.41, 5.74) is 5.03. The zero-order chi connectivity index (χ0) is 24.4. The second-order valence-corrected chi connectivity index (χ2v) is 9.12. The van der Waals surface area contributed by atoms with Crippen LogP contribution in [0.2, 0.25) is 10.0 Å².